The Morgan fingerprint density at radius 1 is 1.12 bits per heavy atom. The Balaban J connectivity index is 2.46. The number of benzene rings is 2. The molecule has 0 unspecified atom stereocenters. The van der Waals surface area contributed by atoms with Gasteiger partial charge in [0.25, 0.3) is 5.91 Å². The molecule has 0 saturated heterocycles. The van der Waals surface area contributed by atoms with Crippen molar-refractivity contribution >= 4 is 28.7 Å². The van der Waals surface area contributed by atoms with Gasteiger partial charge in [0.2, 0.25) is 6.29 Å². The summed E-state index contributed by atoms with van der Waals surface area (Å²) in [6, 6.07) is 13.5. The first-order chi connectivity index (χ1) is 7.72. The molecule has 2 aromatic carbocycles. The first kappa shape index (κ1) is 10.4. The van der Waals surface area contributed by atoms with E-state index < -0.39 is 5.91 Å². The second-order valence-corrected chi connectivity index (χ2v) is 3.55. The molecule has 0 heterocycles. The first-order valence-electron chi connectivity index (χ1n) is 4.94. The van der Waals surface area contributed by atoms with Gasteiger partial charge in [-0.2, -0.15) is 0 Å². The largest absolute Gasteiger partial charge is 0.309 e. The highest BCUT2D eigenvalue weighted by atomic mass is 16.2. The number of anilines is 1. The van der Waals surface area contributed by atoms with Crippen LogP contribution in [0, 0.1) is 0 Å². The lowest BCUT2D eigenvalue weighted by Gasteiger charge is -2.14. The number of likely N-dealkylation sites (N-methyl/N-ethyl adjacent to an activating group) is 1. The van der Waals surface area contributed by atoms with E-state index in [-0.39, 0.29) is 0 Å². The SMILES string of the molecule is CN(C(=O)C=O)c1ccc2ccccc2c1. The molecule has 0 aliphatic heterocycles. The predicted molar refractivity (Wildman–Crippen MR) is 63.4 cm³/mol. The summed E-state index contributed by atoms with van der Waals surface area (Å²) in [6.45, 7) is 0. The Morgan fingerprint density at radius 3 is 2.50 bits per heavy atom. The fourth-order valence-corrected chi connectivity index (χ4v) is 1.59. The molecule has 3 heteroatoms. The molecule has 0 aliphatic rings. The molecule has 0 saturated carbocycles. The molecule has 0 atom stereocenters. The van der Waals surface area contributed by atoms with Gasteiger partial charge in [0, 0.05) is 12.7 Å². The van der Waals surface area contributed by atoms with Crippen molar-refractivity contribution in [2.75, 3.05) is 11.9 Å². The van der Waals surface area contributed by atoms with Crippen LogP contribution in [0.2, 0.25) is 0 Å². The van der Waals surface area contributed by atoms with Crippen LogP contribution >= 0.6 is 0 Å². The normalized spacial score (nSPS) is 10.1. The average molecular weight is 213 g/mol. The van der Waals surface area contributed by atoms with Crippen molar-refractivity contribution < 1.29 is 9.59 Å². The summed E-state index contributed by atoms with van der Waals surface area (Å²) in [5, 5.41) is 2.16. The van der Waals surface area contributed by atoms with Gasteiger partial charge < -0.3 is 4.90 Å². The summed E-state index contributed by atoms with van der Waals surface area (Å²) in [7, 11) is 1.58. The molecule has 2 rings (SSSR count). The third-order valence-electron chi connectivity index (χ3n) is 2.55. The van der Waals surface area contributed by atoms with Gasteiger partial charge in [0.05, 0.1) is 0 Å². The van der Waals surface area contributed by atoms with E-state index in [4.69, 9.17) is 0 Å². The van der Waals surface area contributed by atoms with Gasteiger partial charge in [0.1, 0.15) is 0 Å². The van der Waals surface area contributed by atoms with Crippen LogP contribution in [0.1, 0.15) is 0 Å². The molecule has 0 bridgehead atoms. The summed E-state index contributed by atoms with van der Waals surface area (Å²) >= 11 is 0. The highest BCUT2D eigenvalue weighted by Gasteiger charge is 2.09. The number of amides is 1. The van der Waals surface area contributed by atoms with Gasteiger partial charge in [-0.05, 0) is 22.9 Å². The summed E-state index contributed by atoms with van der Waals surface area (Å²) in [5.41, 5.74) is 0.718. The number of nitrogens with zero attached hydrogens (tertiary/aromatic N) is 1. The van der Waals surface area contributed by atoms with Crippen LogP contribution < -0.4 is 4.90 Å². The van der Waals surface area contributed by atoms with E-state index >= 15 is 0 Å². The molecule has 0 N–H and O–H groups in total. The standard InChI is InChI=1S/C13H11NO2/c1-14(13(16)9-15)12-7-6-10-4-2-3-5-11(10)8-12/h2-9H,1H3. The number of carbonyl (C=O) groups excluding carboxylic acids is 2. The van der Waals surface area contributed by atoms with E-state index in [2.05, 4.69) is 0 Å². The van der Waals surface area contributed by atoms with Crippen LogP contribution in [0.25, 0.3) is 10.8 Å². The monoisotopic (exact) mass is 213 g/mol. The molecule has 0 fully saturated rings. The molecule has 80 valence electrons. The summed E-state index contributed by atoms with van der Waals surface area (Å²) in [5.74, 6) is -0.546. The Morgan fingerprint density at radius 2 is 1.81 bits per heavy atom. The number of aldehydes is 1. The van der Waals surface area contributed by atoms with Crippen LogP contribution in [-0.2, 0) is 9.59 Å². The molecule has 16 heavy (non-hydrogen) atoms. The number of hydrogen-bond acceptors (Lipinski definition) is 2. The molecular weight excluding hydrogens is 202 g/mol. The van der Waals surface area contributed by atoms with Crippen LogP contribution in [0.4, 0.5) is 5.69 Å². The van der Waals surface area contributed by atoms with Crippen molar-refractivity contribution in [1.82, 2.24) is 0 Å². The number of hydrogen-bond donors (Lipinski definition) is 0. The summed E-state index contributed by atoms with van der Waals surface area (Å²) in [4.78, 5) is 22.9. The quantitative estimate of drug-likeness (QED) is 0.565. The van der Waals surface area contributed by atoms with Crippen molar-refractivity contribution in [3.63, 3.8) is 0 Å². The van der Waals surface area contributed by atoms with Gasteiger partial charge in [-0.15, -0.1) is 0 Å². The van der Waals surface area contributed by atoms with Crippen molar-refractivity contribution in [3.8, 4) is 0 Å². The maximum absolute atomic E-state index is 11.2. The minimum Gasteiger partial charge on any atom is -0.309 e. The van der Waals surface area contributed by atoms with E-state index in [9.17, 15) is 9.59 Å². The third kappa shape index (κ3) is 1.80. The molecular formula is C13H11NO2. The van der Waals surface area contributed by atoms with Crippen LogP contribution in [0.5, 0.6) is 0 Å². The molecule has 1 amide bonds. The second-order valence-electron chi connectivity index (χ2n) is 3.55. The van der Waals surface area contributed by atoms with Crippen LogP contribution in [-0.4, -0.2) is 19.2 Å². The Bertz CT molecular complexity index is 548. The van der Waals surface area contributed by atoms with Crippen LogP contribution in [0.3, 0.4) is 0 Å². The van der Waals surface area contributed by atoms with Crippen molar-refractivity contribution in [2.24, 2.45) is 0 Å². The number of rotatable bonds is 2. The van der Waals surface area contributed by atoms with Gasteiger partial charge in [0.15, 0.2) is 0 Å². The molecule has 0 aliphatic carbocycles. The smallest absolute Gasteiger partial charge is 0.290 e. The van der Waals surface area contributed by atoms with Crippen LogP contribution in [0.15, 0.2) is 42.5 Å². The minimum atomic E-state index is -0.546. The fraction of sp³-hybridized carbons (Fsp3) is 0.0769. The van der Waals surface area contributed by atoms with Gasteiger partial charge in [-0.25, -0.2) is 0 Å². The third-order valence-corrected chi connectivity index (χ3v) is 2.55. The van der Waals surface area contributed by atoms with E-state index in [0.29, 0.717) is 6.29 Å². The van der Waals surface area contributed by atoms with E-state index in [1.54, 1.807) is 7.05 Å². The fourth-order valence-electron chi connectivity index (χ4n) is 1.59. The Kier molecular flexibility index (Phi) is 2.68. The lowest BCUT2D eigenvalue weighted by atomic mass is 10.1. The van der Waals surface area contributed by atoms with E-state index in [1.807, 2.05) is 42.5 Å². The van der Waals surface area contributed by atoms with Crippen molar-refractivity contribution in [1.29, 1.82) is 0 Å². The highest BCUT2D eigenvalue weighted by Crippen LogP contribution is 2.21. The highest BCUT2D eigenvalue weighted by molar-refractivity contribution is 6.30. The number of fused-ring (bicyclic) bond motifs is 1. The lowest BCUT2D eigenvalue weighted by molar-refractivity contribution is -0.129. The average Bonchev–Trinajstić information content (AvgIpc) is 2.36. The van der Waals surface area contributed by atoms with Gasteiger partial charge in [-0.3, -0.25) is 9.59 Å². The topological polar surface area (TPSA) is 37.4 Å². The van der Waals surface area contributed by atoms with Gasteiger partial charge >= 0.3 is 0 Å². The molecule has 2 aromatic rings. The summed E-state index contributed by atoms with van der Waals surface area (Å²) in [6.07, 6.45) is 0.315. The zero-order chi connectivity index (χ0) is 11.5. The zero-order valence-corrected chi connectivity index (χ0v) is 8.88. The lowest BCUT2D eigenvalue weighted by Crippen LogP contribution is -2.26. The molecule has 0 spiro atoms. The van der Waals surface area contributed by atoms with Crippen molar-refractivity contribution in [2.45, 2.75) is 0 Å². The van der Waals surface area contributed by atoms with Gasteiger partial charge in [-0.1, -0.05) is 30.3 Å². The Hall–Kier alpha value is -2.16. The molecule has 0 radical (unpaired) electrons. The Labute approximate surface area is 93.3 Å². The second kappa shape index (κ2) is 4.14. The molecule has 0 aromatic heterocycles. The van der Waals surface area contributed by atoms with E-state index in [0.717, 1.165) is 16.5 Å². The predicted octanol–water partition coefficient (Wildman–Crippen LogP) is 2.00. The van der Waals surface area contributed by atoms with Crippen molar-refractivity contribution in [3.05, 3.63) is 42.5 Å². The maximum atomic E-state index is 11.2. The minimum absolute atomic E-state index is 0.315. The zero-order valence-electron chi connectivity index (χ0n) is 8.88. The van der Waals surface area contributed by atoms with E-state index in [1.165, 1.54) is 4.90 Å². The number of carbonyl (C=O) groups is 2. The summed E-state index contributed by atoms with van der Waals surface area (Å²) < 4.78 is 0. The molecule has 3 nitrogen and oxygen atoms in total. The first-order valence-corrected chi connectivity index (χ1v) is 4.94. The maximum Gasteiger partial charge on any atom is 0.290 e.